The average Bonchev–Trinajstić information content (AvgIpc) is 2.46. The van der Waals surface area contributed by atoms with Crippen LogP contribution in [-0.4, -0.2) is 47.2 Å². The predicted octanol–water partition coefficient (Wildman–Crippen LogP) is -0.199. The third-order valence-corrected chi connectivity index (χ3v) is 3.04. The summed E-state index contributed by atoms with van der Waals surface area (Å²) in [5, 5.41) is 11.4. The fraction of sp³-hybridized carbons (Fsp3) is 0.583. The van der Waals surface area contributed by atoms with Crippen LogP contribution < -0.4 is 10.2 Å². The predicted molar refractivity (Wildman–Crippen MR) is 67.1 cm³/mol. The van der Waals surface area contributed by atoms with Gasteiger partial charge in [-0.15, -0.1) is 0 Å². The summed E-state index contributed by atoms with van der Waals surface area (Å²) in [6, 6.07) is 1.78. The highest BCUT2D eigenvalue weighted by atomic mass is 16.3. The van der Waals surface area contributed by atoms with E-state index in [-0.39, 0.29) is 18.4 Å². The first-order valence-corrected chi connectivity index (χ1v) is 6.22. The number of rotatable bonds is 4. The molecule has 2 heterocycles. The molecule has 0 bridgehead atoms. The summed E-state index contributed by atoms with van der Waals surface area (Å²) >= 11 is 0. The Morgan fingerprint density at radius 2 is 2.28 bits per heavy atom. The van der Waals surface area contributed by atoms with Gasteiger partial charge in [0.1, 0.15) is 0 Å². The van der Waals surface area contributed by atoms with Crippen LogP contribution in [-0.2, 0) is 4.79 Å². The number of aromatic nitrogens is 2. The van der Waals surface area contributed by atoms with E-state index in [1.54, 1.807) is 18.5 Å². The average molecular weight is 250 g/mol. The van der Waals surface area contributed by atoms with Crippen molar-refractivity contribution in [2.75, 3.05) is 31.1 Å². The van der Waals surface area contributed by atoms with Gasteiger partial charge in [-0.3, -0.25) is 4.79 Å². The van der Waals surface area contributed by atoms with Gasteiger partial charge < -0.3 is 15.3 Å². The van der Waals surface area contributed by atoms with Gasteiger partial charge in [0.25, 0.3) is 0 Å². The Morgan fingerprint density at radius 3 is 3.00 bits per heavy atom. The number of piperidine rings is 1. The van der Waals surface area contributed by atoms with Crippen molar-refractivity contribution in [2.45, 2.75) is 12.8 Å². The number of aliphatic hydroxyl groups is 1. The summed E-state index contributed by atoms with van der Waals surface area (Å²) in [7, 11) is 0. The first-order valence-electron chi connectivity index (χ1n) is 6.22. The SMILES string of the molecule is O=C(NCCO)[C@H]1CCCN(c2ncccn2)C1. The maximum absolute atomic E-state index is 11.8. The summed E-state index contributed by atoms with van der Waals surface area (Å²) in [4.78, 5) is 22.3. The van der Waals surface area contributed by atoms with Gasteiger partial charge in [-0.1, -0.05) is 0 Å². The molecule has 0 saturated carbocycles. The zero-order chi connectivity index (χ0) is 12.8. The second-order valence-electron chi connectivity index (χ2n) is 4.35. The Kier molecular flexibility index (Phi) is 4.46. The number of nitrogens with zero attached hydrogens (tertiary/aromatic N) is 3. The summed E-state index contributed by atoms with van der Waals surface area (Å²) in [5.41, 5.74) is 0. The van der Waals surface area contributed by atoms with Gasteiger partial charge in [0.2, 0.25) is 11.9 Å². The Bertz CT molecular complexity index is 385. The van der Waals surface area contributed by atoms with E-state index in [0.717, 1.165) is 19.4 Å². The molecule has 0 aromatic carbocycles. The maximum Gasteiger partial charge on any atom is 0.225 e. The molecule has 1 saturated heterocycles. The number of carbonyl (C=O) groups is 1. The molecule has 0 aliphatic carbocycles. The van der Waals surface area contributed by atoms with Crippen LogP contribution in [0.3, 0.4) is 0 Å². The Hall–Kier alpha value is -1.69. The molecule has 1 aliphatic heterocycles. The van der Waals surface area contributed by atoms with E-state index in [2.05, 4.69) is 15.3 Å². The Balaban J connectivity index is 1.94. The molecule has 2 N–H and O–H groups in total. The monoisotopic (exact) mass is 250 g/mol. The second-order valence-corrected chi connectivity index (χ2v) is 4.35. The van der Waals surface area contributed by atoms with Crippen LogP contribution in [0.15, 0.2) is 18.5 Å². The molecule has 6 heteroatoms. The lowest BCUT2D eigenvalue weighted by Gasteiger charge is -2.31. The van der Waals surface area contributed by atoms with Crippen LogP contribution in [0.4, 0.5) is 5.95 Å². The van der Waals surface area contributed by atoms with Crippen molar-refractivity contribution in [3.63, 3.8) is 0 Å². The summed E-state index contributed by atoms with van der Waals surface area (Å²) in [6.07, 6.45) is 5.24. The number of hydrogen-bond acceptors (Lipinski definition) is 5. The molecule has 1 fully saturated rings. The molecule has 1 aliphatic rings. The van der Waals surface area contributed by atoms with Crippen molar-refractivity contribution >= 4 is 11.9 Å². The van der Waals surface area contributed by atoms with Crippen LogP contribution in [0.5, 0.6) is 0 Å². The molecule has 6 nitrogen and oxygen atoms in total. The third-order valence-electron chi connectivity index (χ3n) is 3.04. The highest BCUT2D eigenvalue weighted by Crippen LogP contribution is 2.19. The lowest BCUT2D eigenvalue weighted by molar-refractivity contribution is -0.125. The zero-order valence-electron chi connectivity index (χ0n) is 10.2. The molecule has 2 rings (SSSR count). The first kappa shape index (κ1) is 12.8. The smallest absolute Gasteiger partial charge is 0.225 e. The first-order chi connectivity index (χ1) is 8.81. The Morgan fingerprint density at radius 1 is 1.50 bits per heavy atom. The largest absolute Gasteiger partial charge is 0.395 e. The molecule has 0 spiro atoms. The molecular weight excluding hydrogens is 232 g/mol. The summed E-state index contributed by atoms with van der Waals surface area (Å²) < 4.78 is 0. The van der Waals surface area contributed by atoms with Crippen molar-refractivity contribution in [2.24, 2.45) is 5.92 Å². The van der Waals surface area contributed by atoms with Gasteiger partial charge in [0.15, 0.2) is 0 Å². The van der Waals surface area contributed by atoms with Crippen LogP contribution in [0.1, 0.15) is 12.8 Å². The molecule has 1 amide bonds. The van der Waals surface area contributed by atoms with Crippen molar-refractivity contribution in [1.82, 2.24) is 15.3 Å². The molecule has 1 atom stereocenters. The van der Waals surface area contributed by atoms with Gasteiger partial charge in [0.05, 0.1) is 12.5 Å². The number of hydrogen-bond donors (Lipinski definition) is 2. The van der Waals surface area contributed by atoms with Crippen LogP contribution in [0.2, 0.25) is 0 Å². The number of nitrogens with one attached hydrogen (secondary N) is 1. The van der Waals surface area contributed by atoms with Gasteiger partial charge in [-0.05, 0) is 18.9 Å². The van der Waals surface area contributed by atoms with E-state index < -0.39 is 0 Å². The van der Waals surface area contributed by atoms with Crippen molar-refractivity contribution < 1.29 is 9.90 Å². The second kappa shape index (κ2) is 6.30. The van der Waals surface area contributed by atoms with E-state index in [1.807, 2.05) is 4.90 Å². The highest BCUT2D eigenvalue weighted by molar-refractivity contribution is 5.79. The quantitative estimate of drug-likeness (QED) is 0.774. The van der Waals surface area contributed by atoms with Crippen molar-refractivity contribution in [3.8, 4) is 0 Å². The number of anilines is 1. The molecule has 0 radical (unpaired) electrons. The molecule has 1 aromatic rings. The van der Waals surface area contributed by atoms with Gasteiger partial charge in [-0.2, -0.15) is 0 Å². The van der Waals surface area contributed by atoms with E-state index in [1.165, 1.54) is 0 Å². The van der Waals surface area contributed by atoms with Crippen LogP contribution in [0, 0.1) is 5.92 Å². The highest BCUT2D eigenvalue weighted by Gasteiger charge is 2.26. The van der Waals surface area contributed by atoms with E-state index >= 15 is 0 Å². The van der Waals surface area contributed by atoms with E-state index in [4.69, 9.17) is 5.11 Å². The topological polar surface area (TPSA) is 78.4 Å². The normalized spacial score (nSPS) is 19.6. The summed E-state index contributed by atoms with van der Waals surface area (Å²) in [6.45, 7) is 1.82. The van der Waals surface area contributed by atoms with Gasteiger partial charge >= 0.3 is 0 Å². The Labute approximate surface area is 106 Å². The van der Waals surface area contributed by atoms with Crippen molar-refractivity contribution in [3.05, 3.63) is 18.5 Å². The minimum atomic E-state index is -0.0471. The van der Waals surface area contributed by atoms with Crippen molar-refractivity contribution in [1.29, 1.82) is 0 Å². The fourth-order valence-corrected chi connectivity index (χ4v) is 2.15. The lowest BCUT2D eigenvalue weighted by Crippen LogP contribution is -2.44. The lowest BCUT2D eigenvalue weighted by atomic mass is 9.97. The van der Waals surface area contributed by atoms with E-state index in [9.17, 15) is 4.79 Å². The van der Waals surface area contributed by atoms with E-state index in [0.29, 0.717) is 19.0 Å². The van der Waals surface area contributed by atoms with Gasteiger partial charge in [0, 0.05) is 32.0 Å². The standard InChI is InChI=1S/C12H18N4O2/c17-8-6-13-11(18)10-3-1-7-16(9-10)12-14-4-2-5-15-12/h2,4-5,10,17H,1,3,6-9H2,(H,13,18)/t10-/m0/s1. The van der Waals surface area contributed by atoms with Gasteiger partial charge in [-0.25, -0.2) is 9.97 Å². The summed E-state index contributed by atoms with van der Waals surface area (Å²) in [5.74, 6) is 0.635. The number of aliphatic hydroxyl groups excluding tert-OH is 1. The van der Waals surface area contributed by atoms with Crippen LogP contribution in [0.25, 0.3) is 0 Å². The minimum Gasteiger partial charge on any atom is -0.395 e. The minimum absolute atomic E-state index is 0.00433. The fourth-order valence-electron chi connectivity index (χ4n) is 2.15. The number of carbonyl (C=O) groups excluding carboxylic acids is 1. The maximum atomic E-state index is 11.8. The number of amides is 1. The molecule has 18 heavy (non-hydrogen) atoms. The molecule has 1 aromatic heterocycles. The molecular formula is C12H18N4O2. The zero-order valence-corrected chi connectivity index (χ0v) is 10.2. The van der Waals surface area contributed by atoms with Crippen LogP contribution >= 0.6 is 0 Å². The molecule has 0 unspecified atom stereocenters. The molecule has 98 valence electrons. The third kappa shape index (κ3) is 3.16.